The average molecular weight is 198 g/mol. The molecule has 0 aromatic rings. The standard InChI is InChI=1S/C4H6O4.BF3.2Li/c5-3(6)1-2-4(7)8;2-1(3)4;;/h1-2H2,(H,5,6)(H,7,8);;;/q;;2*+1/p-2. The van der Waals surface area contributed by atoms with E-state index in [4.69, 9.17) is 0 Å². The molecule has 0 radical (unpaired) electrons. The number of aliphatic carboxylic acids is 2. The summed E-state index contributed by atoms with van der Waals surface area (Å²) in [7, 11) is -3.67. The number of halogens is 3. The van der Waals surface area contributed by atoms with Crippen molar-refractivity contribution >= 4 is 19.5 Å². The molecule has 0 saturated carbocycles. The first-order valence-electron chi connectivity index (χ1n) is 2.68. The topological polar surface area (TPSA) is 80.3 Å². The predicted molar refractivity (Wildman–Crippen MR) is 28.3 cm³/mol. The molecular weight excluding hydrogens is 194 g/mol. The summed E-state index contributed by atoms with van der Waals surface area (Å²) < 4.78 is 29.0. The maximum absolute atomic E-state index is 9.67. The number of carbonyl (C=O) groups is 2. The van der Waals surface area contributed by atoms with Crippen molar-refractivity contribution in [3.8, 4) is 0 Å². The van der Waals surface area contributed by atoms with Gasteiger partial charge in [-0.3, -0.25) is 12.9 Å². The zero-order chi connectivity index (χ0) is 10.1. The minimum atomic E-state index is -3.67. The van der Waals surface area contributed by atoms with Gasteiger partial charge in [-0.2, -0.15) is 0 Å². The Morgan fingerprint density at radius 3 is 1.14 bits per heavy atom. The first kappa shape index (κ1) is 23.7. The molecule has 0 aromatic carbocycles. The maximum atomic E-state index is 9.67. The quantitative estimate of drug-likeness (QED) is 0.421. The second-order valence-corrected chi connectivity index (χ2v) is 1.49. The molecule has 70 valence electrons. The van der Waals surface area contributed by atoms with Crippen molar-refractivity contribution < 1.29 is 70.5 Å². The molecule has 0 rings (SSSR count). The van der Waals surface area contributed by atoms with Gasteiger partial charge in [0, 0.05) is 11.9 Å². The van der Waals surface area contributed by atoms with E-state index in [2.05, 4.69) is 0 Å². The third-order valence-corrected chi connectivity index (χ3v) is 0.533. The van der Waals surface area contributed by atoms with Crippen LogP contribution < -0.4 is 47.9 Å². The Morgan fingerprint density at radius 1 is 0.929 bits per heavy atom. The summed E-state index contributed by atoms with van der Waals surface area (Å²) in [5.41, 5.74) is 0. The van der Waals surface area contributed by atoms with Crippen molar-refractivity contribution in [2.45, 2.75) is 12.8 Å². The van der Waals surface area contributed by atoms with Crippen LogP contribution in [0.3, 0.4) is 0 Å². The normalized spacial score (nSPS) is 6.79. The molecule has 0 N–H and O–H groups in total. The van der Waals surface area contributed by atoms with Gasteiger partial charge >= 0.3 is 45.3 Å². The molecule has 14 heavy (non-hydrogen) atoms. The third-order valence-electron chi connectivity index (χ3n) is 0.533. The van der Waals surface area contributed by atoms with Crippen molar-refractivity contribution in [2.75, 3.05) is 0 Å². The van der Waals surface area contributed by atoms with Gasteiger partial charge in [0.2, 0.25) is 0 Å². The average Bonchev–Trinajstić information content (AvgIpc) is 1.82. The van der Waals surface area contributed by atoms with Crippen molar-refractivity contribution in [1.29, 1.82) is 0 Å². The Morgan fingerprint density at radius 2 is 1.07 bits per heavy atom. The van der Waals surface area contributed by atoms with Crippen molar-refractivity contribution in [1.82, 2.24) is 0 Å². The van der Waals surface area contributed by atoms with Gasteiger partial charge in [-0.05, 0) is 12.8 Å². The minimum Gasteiger partial charge on any atom is -0.550 e. The largest absolute Gasteiger partial charge is 1.00 e. The fourth-order valence-electron chi connectivity index (χ4n) is 0.204. The zero-order valence-corrected chi connectivity index (χ0v) is 7.76. The van der Waals surface area contributed by atoms with Crippen LogP contribution in [-0.2, 0) is 9.59 Å². The molecule has 4 nitrogen and oxygen atoms in total. The van der Waals surface area contributed by atoms with Crippen LogP contribution in [0.2, 0.25) is 0 Å². The molecule has 0 atom stereocenters. The number of carboxylic acid groups (broad SMARTS) is 2. The number of carbonyl (C=O) groups excluding carboxylic acids is 2. The smallest absolute Gasteiger partial charge is 0.550 e. The summed E-state index contributed by atoms with van der Waals surface area (Å²) in [4.78, 5) is 19.0. The molecule has 0 saturated heterocycles. The molecule has 0 bridgehead atoms. The Kier molecular flexibility index (Phi) is 26.1. The van der Waals surface area contributed by atoms with E-state index in [1.807, 2.05) is 0 Å². The number of rotatable bonds is 3. The molecule has 0 aromatic heterocycles. The molecule has 10 heteroatoms. The van der Waals surface area contributed by atoms with E-state index in [0.717, 1.165) is 0 Å². The van der Waals surface area contributed by atoms with Gasteiger partial charge in [0.05, 0.1) is 0 Å². The van der Waals surface area contributed by atoms with Gasteiger partial charge in [-0.15, -0.1) is 0 Å². The van der Waals surface area contributed by atoms with Crippen molar-refractivity contribution in [3.63, 3.8) is 0 Å². The summed E-state index contributed by atoms with van der Waals surface area (Å²) in [6.07, 6.45) is -0.940. The summed E-state index contributed by atoms with van der Waals surface area (Å²) in [6, 6.07) is 0. The van der Waals surface area contributed by atoms with Crippen LogP contribution >= 0.6 is 0 Å². The zero-order valence-electron chi connectivity index (χ0n) is 7.76. The minimum absolute atomic E-state index is 0. The van der Waals surface area contributed by atoms with E-state index in [9.17, 15) is 32.7 Å². The van der Waals surface area contributed by atoms with E-state index in [0.29, 0.717) is 0 Å². The Hall–Kier alpha value is -0.0103. The summed E-state index contributed by atoms with van der Waals surface area (Å²) in [5.74, 6) is -2.73. The van der Waals surface area contributed by atoms with Crippen LogP contribution in [0.5, 0.6) is 0 Å². The maximum Gasteiger partial charge on any atom is 1.00 e. The Bertz CT molecular complexity index is 143. The fraction of sp³-hybridized carbons (Fsp3) is 0.500. The van der Waals surface area contributed by atoms with Crippen LogP contribution in [0, 0.1) is 0 Å². The number of carboxylic acids is 2. The Balaban J connectivity index is -0.0000000733. The predicted octanol–water partition coefficient (Wildman–Crippen LogP) is -7.85. The monoisotopic (exact) mass is 198 g/mol. The van der Waals surface area contributed by atoms with Gasteiger partial charge < -0.3 is 19.8 Å². The van der Waals surface area contributed by atoms with E-state index in [1.54, 1.807) is 0 Å². The van der Waals surface area contributed by atoms with E-state index in [-0.39, 0.29) is 37.7 Å². The van der Waals surface area contributed by atoms with E-state index < -0.39 is 32.3 Å². The van der Waals surface area contributed by atoms with Crippen LogP contribution in [0.15, 0.2) is 0 Å². The molecule has 0 aliphatic rings. The van der Waals surface area contributed by atoms with Gasteiger partial charge in [-0.1, -0.05) is 0 Å². The van der Waals surface area contributed by atoms with Gasteiger partial charge in [0.25, 0.3) is 0 Å². The second-order valence-electron chi connectivity index (χ2n) is 1.49. The molecule has 0 spiro atoms. The summed E-state index contributed by atoms with van der Waals surface area (Å²) in [5, 5.41) is 19.0. The Labute approximate surface area is 103 Å². The first-order chi connectivity index (χ1) is 5.36. The van der Waals surface area contributed by atoms with Crippen molar-refractivity contribution in [2.24, 2.45) is 0 Å². The fourth-order valence-corrected chi connectivity index (χ4v) is 0.204. The molecule has 0 amide bonds. The van der Waals surface area contributed by atoms with Crippen LogP contribution in [-0.4, -0.2) is 19.5 Å². The third kappa shape index (κ3) is 58.2. The molecule has 0 aliphatic carbocycles. The van der Waals surface area contributed by atoms with Crippen LogP contribution in [0.25, 0.3) is 0 Å². The number of hydrogen-bond acceptors (Lipinski definition) is 4. The molecule has 0 fully saturated rings. The molecule has 0 aliphatic heterocycles. The van der Waals surface area contributed by atoms with Gasteiger partial charge in [-0.25, -0.2) is 0 Å². The van der Waals surface area contributed by atoms with Gasteiger partial charge in [0.15, 0.2) is 0 Å². The summed E-state index contributed by atoms with van der Waals surface area (Å²) >= 11 is 0. The van der Waals surface area contributed by atoms with Crippen LogP contribution in [0.1, 0.15) is 12.8 Å². The SMILES string of the molecule is FB(F)F.O=C([O-])CCC(=O)[O-].[Li+].[Li+]. The summed E-state index contributed by atoms with van der Waals surface area (Å²) in [6.45, 7) is 0. The second kappa shape index (κ2) is 15.5. The van der Waals surface area contributed by atoms with E-state index in [1.165, 1.54) is 0 Å². The van der Waals surface area contributed by atoms with Gasteiger partial charge in [0.1, 0.15) is 0 Å². The number of hydrogen-bond donors (Lipinski definition) is 0. The van der Waals surface area contributed by atoms with E-state index >= 15 is 0 Å². The molecular formula is C4H4BF3Li2O4. The van der Waals surface area contributed by atoms with Crippen molar-refractivity contribution in [3.05, 3.63) is 0 Å². The molecule has 0 heterocycles. The van der Waals surface area contributed by atoms with Crippen LogP contribution in [0.4, 0.5) is 12.9 Å². The molecule has 0 unspecified atom stereocenters. The first-order valence-corrected chi connectivity index (χ1v) is 2.68.